The van der Waals surface area contributed by atoms with Crippen LogP contribution in [0, 0.1) is 5.82 Å². The first kappa shape index (κ1) is 11.9. The van der Waals surface area contributed by atoms with Crippen LogP contribution in [0.4, 0.5) is 15.9 Å². The average Bonchev–Trinajstić information content (AvgIpc) is 2.98. The van der Waals surface area contributed by atoms with Crippen molar-refractivity contribution >= 4 is 34.1 Å². The number of thiazole rings is 1. The highest BCUT2D eigenvalue weighted by molar-refractivity contribution is 7.15. The largest absolute Gasteiger partial charge is 0.328 e. The van der Waals surface area contributed by atoms with E-state index in [-0.39, 0.29) is 5.82 Å². The van der Waals surface area contributed by atoms with Crippen LogP contribution in [0.15, 0.2) is 35.8 Å². The van der Waals surface area contributed by atoms with Gasteiger partial charge in [-0.25, -0.2) is 9.37 Å². The first-order valence-electron chi connectivity index (χ1n) is 5.60. The first-order chi connectivity index (χ1) is 9.20. The van der Waals surface area contributed by atoms with Gasteiger partial charge in [-0.3, -0.25) is 9.20 Å². The van der Waals surface area contributed by atoms with Crippen LogP contribution in [0.2, 0.25) is 0 Å². The minimum atomic E-state index is -0.293. The Labute approximate surface area is 112 Å². The molecule has 0 amide bonds. The van der Waals surface area contributed by atoms with Crippen LogP contribution >= 0.6 is 11.3 Å². The van der Waals surface area contributed by atoms with Crippen molar-refractivity contribution in [3.05, 3.63) is 47.4 Å². The lowest BCUT2D eigenvalue weighted by atomic mass is 10.3. The third-order valence-corrected chi connectivity index (χ3v) is 3.68. The van der Waals surface area contributed by atoms with Gasteiger partial charge in [-0.05, 0) is 24.3 Å². The molecule has 0 aliphatic heterocycles. The van der Waals surface area contributed by atoms with Gasteiger partial charge in [0, 0.05) is 24.3 Å². The molecule has 0 spiro atoms. The standard InChI is InChI=1S/C13H10FN3OS/c1-16(10-4-2-9(14)3-5-10)12-11(8-18)17-6-7-19-13(17)15-12/h2-8H,1H3. The Morgan fingerprint density at radius 3 is 2.79 bits per heavy atom. The van der Waals surface area contributed by atoms with Gasteiger partial charge in [-0.1, -0.05) is 0 Å². The van der Waals surface area contributed by atoms with Crippen LogP contribution in [0.1, 0.15) is 10.5 Å². The summed E-state index contributed by atoms with van der Waals surface area (Å²) in [4.78, 5) is 18.2. The van der Waals surface area contributed by atoms with Crippen LogP contribution in [0.5, 0.6) is 0 Å². The van der Waals surface area contributed by atoms with E-state index in [1.807, 2.05) is 5.38 Å². The van der Waals surface area contributed by atoms with Crippen LogP contribution in [0.3, 0.4) is 0 Å². The average molecular weight is 275 g/mol. The molecule has 0 aliphatic carbocycles. The Morgan fingerprint density at radius 1 is 1.37 bits per heavy atom. The van der Waals surface area contributed by atoms with Gasteiger partial charge in [0.2, 0.25) is 0 Å². The smallest absolute Gasteiger partial charge is 0.196 e. The highest BCUT2D eigenvalue weighted by atomic mass is 32.1. The van der Waals surface area contributed by atoms with Crippen LogP contribution in [-0.4, -0.2) is 22.7 Å². The summed E-state index contributed by atoms with van der Waals surface area (Å²) in [6.45, 7) is 0. The quantitative estimate of drug-likeness (QED) is 0.689. The number of rotatable bonds is 3. The van der Waals surface area contributed by atoms with Gasteiger partial charge in [0.1, 0.15) is 11.5 Å². The van der Waals surface area contributed by atoms with Gasteiger partial charge in [0.15, 0.2) is 17.1 Å². The summed E-state index contributed by atoms with van der Waals surface area (Å²) < 4.78 is 14.7. The minimum Gasteiger partial charge on any atom is -0.328 e. The molecule has 2 aromatic heterocycles. The molecule has 0 radical (unpaired) electrons. The molecule has 0 saturated heterocycles. The van der Waals surface area contributed by atoms with E-state index >= 15 is 0 Å². The Kier molecular flexibility index (Phi) is 2.79. The fourth-order valence-corrected chi connectivity index (χ4v) is 2.65. The summed E-state index contributed by atoms with van der Waals surface area (Å²) in [5, 5.41) is 1.87. The number of anilines is 2. The normalized spacial score (nSPS) is 10.8. The molecule has 6 heteroatoms. The molecule has 4 nitrogen and oxygen atoms in total. The monoisotopic (exact) mass is 275 g/mol. The predicted molar refractivity (Wildman–Crippen MR) is 72.9 cm³/mol. The van der Waals surface area contributed by atoms with Crippen molar-refractivity contribution in [2.24, 2.45) is 0 Å². The van der Waals surface area contributed by atoms with Gasteiger partial charge in [0.25, 0.3) is 0 Å². The molecule has 2 heterocycles. The summed E-state index contributed by atoms with van der Waals surface area (Å²) in [6, 6.07) is 6.06. The highest BCUT2D eigenvalue weighted by Gasteiger charge is 2.17. The van der Waals surface area contributed by atoms with Gasteiger partial charge in [-0.2, -0.15) is 0 Å². The highest BCUT2D eigenvalue weighted by Crippen LogP contribution is 2.28. The second kappa shape index (κ2) is 4.47. The molecule has 19 heavy (non-hydrogen) atoms. The van der Waals surface area contributed by atoms with Crippen molar-refractivity contribution in [2.45, 2.75) is 0 Å². The third-order valence-electron chi connectivity index (χ3n) is 2.92. The van der Waals surface area contributed by atoms with Gasteiger partial charge in [0.05, 0.1) is 0 Å². The van der Waals surface area contributed by atoms with Gasteiger partial charge >= 0.3 is 0 Å². The number of hydrogen-bond acceptors (Lipinski definition) is 4. The van der Waals surface area contributed by atoms with Crippen LogP contribution < -0.4 is 4.90 Å². The molecule has 1 aromatic carbocycles. The zero-order valence-corrected chi connectivity index (χ0v) is 10.9. The lowest BCUT2D eigenvalue weighted by molar-refractivity contribution is 0.111. The summed E-state index contributed by atoms with van der Waals surface area (Å²) in [7, 11) is 1.80. The number of fused-ring (bicyclic) bond motifs is 1. The maximum atomic E-state index is 12.9. The molecule has 0 aliphatic rings. The third kappa shape index (κ3) is 1.90. The Bertz CT molecular complexity index is 732. The van der Waals surface area contributed by atoms with E-state index in [4.69, 9.17) is 0 Å². The van der Waals surface area contributed by atoms with E-state index in [1.54, 1.807) is 34.7 Å². The lowest BCUT2D eigenvalue weighted by Crippen LogP contribution is -2.12. The van der Waals surface area contributed by atoms with Crippen molar-refractivity contribution in [1.82, 2.24) is 9.38 Å². The minimum absolute atomic E-state index is 0.293. The summed E-state index contributed by atoms with van der Waals surface area (Å²) >= 11 is 1.46. The molecule has 0 N–H and O–H groups in total. The molecule has 3 aromatic rings. The fraction of sp³-hybridized carbons (Fsp3) is 0.0769. The Hall–Kier alpha value is -2.21. The topological polar surface area (TPSA) is 37.6 Å². The molecule has 0 fully saturated rings. The Balaban J connectivity index is 2.10. The zero-order valence-electron chi connectivity index (χ0n) is 10.1. The number of carbonyl (C=O) groups excluding carboxylic acids is 1. The molecule has 96 valence electrons. The molecular weight excluding hydrogens is 265 g/mol. The fourth-order valence-electron chi connectivity index (χ4n) is 1.94. The first-order valence-corrected chi connectivity index (χ1v) is 6.48. The number of nitrogens with zero attached hydrogens (tertiary/aromatic N) is 3. The summed E-state index contributed by atoms with van der Waals surface area (Å²) in [5.74, 6) is 0.270. The maximum absolute atomic E-state index is 12.9. The molecule has 3 rings (SSSR count). The van der Waals surface area contributed by atoms with Gasteiger partial charge in [-0.15, -0.1) is 11.3 Å². The van der Waals surface area contributed by atoms with E-state index in [0.29, 0.717) is 11.5 Å². The number of halogens is 1. The number of benzene rings is 1. The second-order valence-electron chi connectivity index (χ2n) is 4.03. The van der Waals surface area contributed by atoms with E-state index in [0.717, 1.165) is 16.9 Å². The molecule has 0 atom stereocenters. The zero-order chi connectivity index (χ0) is 13.4. The van der Waals surface area contributed by atoms with Crippen molar-refractivity contribution in [1.29, 1.82) is 0 Å². The number of imidazole rings is 1. The summed E-state index contributed by atoms with van der Waals surface area (Å²) in [6.07, 6.45) is 2.58. The van der Waals surface area contributed by atoms with Crippen molar-refractivity contribution in [3.8, 4) is 0 Å². The second-order valence-corrected chi connectivity index (χ2v) is 4.90. The Morgan fingerprint density at radius 2 is 2.11 bits per heavy atom. The number of hydrogen-bond donors (Lipinski definition) is 0. The number of aldehydes is 1. The number of carbonyl (C=O) groups is 1. The van der Waals surface area contributed by atoms with Crippen LogP contribution in [-0.2, 0) is 0 Å². The van der Waals surface area contributed by atoms with E-state index < -0.39 is 0 Å². The van der Waals surface area contributed by atoms with Gasteiger partial charge < -0.3 is 4.90 Å². The van der Waals surface area contributed by atoms with Crippen molar-refractivity contribution in [2.75, 3.05) is 11.9 Å². The van der Waals surface area contributed by atoms with Crippen molar-refractivity contribution < 1.29 is 9.18 Å². The van der Waals surface area contributed by atoms with E-state index in [1.165, 1.54) is 23.5 Å². The summed E-state index contributed by atoms with van der Waals surface area (Å²) in [5.41, 5.74) is 1.26. The molecule has 0 bridgehead atoms. The molecular formula is C13H10FN3OS. The van der Waals surface area contributed by atoms with Crippen molar-refractivity contribution in [3.63, 3.8) is 0 Å². The predicted octanol–water partition coefficient (Wildman–Crippen LogP) is 3.12. The van der Waals surface area contributed by atoms with E-state index in [2.05, 4.69) is 4.98 Å². The van der Waals surface area contributed by atoms with E-state index in [9.17, 15) is 9.18 Å². The lowest BCUT2D eigenvalue weighted by Gasteiger charge is -2.17. The maximum Gasteiger partial charge on any atom is 0.196 e. The SMILES string of the molecule is CN(c1ccc(F)cc1)c1nc2sccn2c1C=O. The number of aromatic nitrogens is 2. The van der Waals surface area contributed by atoms with Crippen LogP contribution in [0.25, 0.3) is 4.96 Å². The molecule has 0 unspecified atom stereocenters. The molecule has 0 saturated carbocycles.